The number of nitrogens with one attached hydrogen (secondary N) is 1. The third-order valence-electron chi connectivity index (χ3n) is 4.63. The molecule has 26 heavy (non-hydrogen) atoms. The lowest BCUT2D eigenvalue weighted by atomic mass is 10.1. The van der Waals surface area contributed by atoms with Crippen LogP contribution in [0.15, 0.2) is 59.8 Å². The average molecular weight is 351 g/mol. The van der Waals surface area contributed by atoms with Crippen LogP contribution < -0.4 is 5.32 Å². The van der Waals surface area contributed by atoms with Crippen molar-refractivity contribution in [1.29, 1.82) is 0 Å². The first-order chi connectivity index (χ1) is 12.8. The van der Waals surface area contributed by atoms with Gasteiger partial charge >= 0.3 is 0 Å². The van der Waals surface area contributed by atoms with E-state index in [0.29, 0.717) is 5.56 Å². The van der Waals surface area contributed by atoms with E-state index in [4.69, 9.17) is 0 Å². The topological polar surface area (TPSA) is 53.9 Å². The molecule has 1 unspecified atom stereocenters. The monoisotopic (exact) mass is 351 g/mol. The van der Waals surface area contributed by atoms with Gasteiger partial charge in [-0.15, -0.1) is 0 Å². The first-order valence-corrected chi connectivity index (χ1v) is 9.01. The summed E-state index contributed by atoms with van der Waals surface area (Å²) in [6, 6.07) is 17.5. The summed E-state index contributed by atoms with van der Waals surface area (Å²) in [4.78, 5) is 19.8. The standard InChI is InChI=1S/C21H25N3O2/c1-26-22-15-17-9-11-19(12-10-17)21(25)23-20(16-24-13-5-6-14-24)18-7-3-2-4-8-18/h2-4,7-12,15,20H,5-6,13-14,16H2,1H3,(H,23,25)/b22-15+. The highest BCUT2D eigenvalue weighted by atomic mass is 16.6. The molecule has 2 aromatic carbocycles. The van der Waals surface area contributed by atoms with Gasteiger partial charge in [-0.2, -0.15) is 0 Å². The SMILES string of the molecule is CO/N=C/c1ccc(C(=O)NC(CN2CCCC2)c2ccccc2)cc1. The van der Waals surface area contributed by atoms with Gasteiger partial charge in [0.15, 0.2) is 0 Å². The Hall–Kier alpha value is -2.66. The van der Waals surface area contributed by atoms with Crippen molar-refractivity contribution < 1.29 is 9.63 Å². The summed E-state index contributed by atoms with van der Waals surface area (Å²) >= 11 is 0. The van der Waals surface area contributed by atoms with Gasteiger partial charge in [0, 0.05) is 12.1 Å². The first kappa shape index (κ1) is 18.1. The van der Waals surface area contributed by atoms with E-state index in [1.165, 1.54) is 20.0 Å². The van der Waals surface area contributed by atoms with Gasteiger partial charge in [-0.1, -0.05) is 47.6 Å². The molecule has 1 atom stereocenters. The second-order valence-corrected chi connectivity index (χ2v) is 6.48. The molecule has 0 aliphatic carbocycles. The number of benzene rings is 2. The van der Waals surface area contributed by atoms with Crippen molar-refractivity contribution in [3.05, 3.63) is 71.3 Å². The quantitative estimate of drug-likeness (QED) is 0.615. The van der Waals surface area contributed by atoms with E-state index in [-0.39, 0.29) is 11.9 Å². The number of carbonyl (C=O) groups is 1. The Morgan fingerprint density at radius 1 is 1.15 bits per heavy atom. The van der Waals surface area contributed by atoms with Crippen LogP contribution in [-0.4, -0.2) is 43.8 Å². The van der Waals surface area contributed by atoms with E-state index in [1.54, 1.807) is 6.21 Å². The molecule has 0 radical (unpaired) electrons. The van der Waals surface area contributed by atoms with Crippen LogP contribution in [0.1, 0.15) is 40.4 Å². The van der Waals surface area contributed by atoms with Crippen LogP contribution >= 0.6 is 0 Å². The fourth-order valence-electron chi connectivity index (χ4n) is 3.22. The summed E-state index contributed by atoms with van der Waals surface area (Å²) in [5.41, 5.74) is 2.67. The van der Waals surface area contributed by atoms with Crippen molar-refractivity contribution in [2.45, 2.75) is 18.9 Å². The third-order valence-corrected chi connectivity index (χ3v) is 4.63. The van der Waals surface area contributed by atoms with Crippen LogP contribution in [-0.2, 0) is 4.84 Å². The highest BCUT2D eigenvalue weighted by Crippen LogP contribution is 2.18. The summed E-state index contributed by atoms with van der Waals surface area (Å²) in [7, 11) is 1.50. The second kappa shape index (κ2) is 9.15. The fraction of sp³-hybridized carbons (Fsp3) is 0.333. The summed E-state index contributed by atoms with van der Waals surface area (Å²) in [6.45, 7) is 3.05. The molecule has 136 valence electrons. The lowest BCUT2D eigenvalue weighted by Gasteiger charge is -2.25. The van der Waals surface area contributed by atoms with Gasteiger partial charge in [0.25, 0.3) is 5.91 Å². The van der Waals surface area contributed by atoms with Crippen molar-refractivity contribution >= 4 is 12.1 Å². The summed E-state index contributed by atoms with van der Waals surface area (Å²) < 4.78 is 0. The Morgan fingerprint density at radius 2 is 1.85 bits per heavy atom. The zero-order valence-corrected chi connectivity index (χ0v) is 15.1. The summed E-state index contributed by atoms with van der Waals surface area (Å²) in [5, 5.41) is 6.93. The molecule has 0 saturated carbocycles. The summed E-state index contributed by atoms with van der Waals surface area (Å²) in [5.74, 6) is -0.0618. The Labute approximate surface area is 154 Å². The Bertz CT molecular complexity index is 723. The van der Waals surface area contributed by atoms with Crippen molar-refractivity contribution in [2.75, 3.05) is 26.7 Å². The Morgan fingerprint density at radius 3 is 2.50 bits per heavy atom. The van der Waals surface area contributed by atoms with Gasteiger partial charge in [-0.25, -0.2) is 0 Å². The molecule has 2 aromatic rings. The highest BCUT2D eigenvalue weighted by molar-refractivity contribution is 5.95. The number of amides is 1. The molecule has 1 aliphatic heterocycles. The van der Waals surface area contributed by atoms with E-state index in [1.807, 2.05) is 42.5 Å². The summed E-state index contributed by atoms with van der Waals surface area (Å²) in [6.07, 6.45) is 4.09. The molecule has 1 amide bonds. The molecular weight excluding hydrogens is 326 g/mol. The second-order valence-electron chi connectivity index (χ2n) is 6.48. The van der Waals surface area contributed by atoms with Crippen LogP contribution in [0.25, 0.3) is 0 Å². The molecule has 3 rings (SSSR count). The molecule has 0 aromatic heterocycles. The van der Waals surface area contributed by atoms with Crippen LogP contribution in [0.2, 0.25) is 0 Å². The zero-order valence-electron chi connectivity index (χ0n) is 15.1. The van der Waals surface area contributed by atoms with Gasteiger partial charge in [0.05, 0.1) is 12.3 Å². The average Bonchev–Trinajstić information content (AvgIpc) is 3.20. The first-order valence-electron chi connectivity index (χ1n) is 9.01. The normalized spacial score (nSPS) is 15.9. The van der Waals surface area contributed by atoms with E-state index in [2.05, 4.69) is 32.3 Å². The van der Waals surface area contributed by atoms with Gasteiger partial charge in [-0.3, -0.25) is 4.79 Å². The van der Waals surface area contributed by atoms with E-state index in [9.17, 15) is 4.79 Å². The van der Waals surface area contributed by atoms with Gasteiger partial charge in [0.1, 0.15) is 7.11 Å². The van der Waals surface area contributed by atoms with Crippen molar-refractivity contribution in [3.8, 4) is 0 Å². The lowest BCUT2D eigenvalue weighted by molar-refractivity contribution is 0.0927. The fourth-order valence-corrected chi connectivity index (χ4v) is 3.22. The molecule has 1 heterocycles. The van der Waals surface area contributed by atoms with Crippen molar-refractivity contribution in [2.24, 2.45) is 5.16 Å². The highest BCUT2D eigenvalue weighted by Gasteiger charge is 2.21. The van der Waals surface area contributed by atoms with E-state index >= 15 is 0 Å². The molecule has 1 N–H and O–H groups in total. The minimum Gasteiger partial charge on any atom is -0.399 e. The predicted molar refractivity (Wildman–Crippen MR) is 103 cm³/mol. The molecule has 5 nitrogen and oxygen atoms in total. The number of likely N-dealkylation sites (tertiary alicyclic amines) is 1. The molecule has 1 aliphatic rings. The minimum absolute atomic E-state index is 0.0171. The van der Waals surface area contributed by atoms with Gasteiger partial charge in [0.2, 0.25) is 0 Å². The number of hydrogen-bond acceptors (Lipinski definition) is 4. The molecular formula is C21H25N3O2. The minimum atomic E-state index is -0.0618. The van der Waals surface area contributed by atoms with Crippen molar-refractivity contribution in [3.63, 3.8) is 0 Å². The smallest absolute Gasteiger partial charge is 0.251 e. The maximum Gasteiger partial charge on any atom is 0.251 e. The molecule has 1 fully saturated rings. The number of nitrogens with zero attached hydrogens (tertiary/aromatic N) is 2. The molecule has 0 spiro atoms. The molecule has 1 saturated heterocycles. The van der Waals surface area contributed by atoms with Crippen molar-refractivity contribution in [1.82, 2.24) is 10.2 Å². The number of carbonyl (C=O) groups excluding carboxylic acids is 1. The van der Waals surface area contributed by atoms with E-state index in [0.717, 1.165) is 30.8 Å². The number of oxime groups is 1. The molecule has 0 bridgehead atoms. The van der Waals surface area contributed by atoms with Gasteiger partial charge < -0.3 is 15.1 Å². The number of hydrogen-bond donors (Lipinski definition) is 1. The van der Waals surface area contributed by atoms with Crippen LogP contribution in [0.4, 0.5) is 0 Å². The number of rotatable bonds is 7. The van der Waals surface area contributed by atoms with Crippen LogP contribution in [0.3, 0.4) is 0 Å². The lowest BCUT2D eigenvalue weighted by Crippen LogP contribution is -2.37. The third kappa shape index (κ3) is 4.92. The Kier molecular flexibility index (Phi) is 6.39. The van der Waals surface area contributed by atoms with E-state index < -0.39 is 0 Å². The van der Waals surface area contributed by atoms with Crippen LogP contribution in [0, 0.1) is 0 Å². The predicted octanol–water partition coefficient (Wildman–Crippen LogP) is 3.23. The maximum atomic E-state index is 12.7. The Balaban J connectivity index is 1.70. The van der Waals surface area contributed by atoms with Gasteiger partial charge in [-0.05, 0) is 49.2 Å². The zero-order chi connectivity index (χ0) is 18.2. The largest absolute Gasteiger partial charge is 0.399 e. The van der Waals surface area contributed by atoms with Crippen LogP contribution in [0.5, 0.6) is 0 Å². The maximum absolute atomic E-state index is 12.7. The molecule has 5 heteroatoms.